The molecule has 1 saturated carbocycles. The van der Waals surface area contributed by atoms with Crippen LogP contribution >= 0.6 is 0 Å². The van der Waals surface area contributed by atoms with Crippen LogP contribution < -0.4 is 10.9 Å². The summed E-state index contributed by atoms with van der Waals surface area (Å²) in [5.41, 5.74) is 3.81. The molecule has 4 heteroatoms. The molecule has 22 heavy (non-hydrogen) atoms. The van der Waals surface area contributed by atoms with Gasteiger partial charge in [0.15, 0.2) is 0 Å². The Kier molecular flexibility index (Phi) is 4.99. The van der Waals surface area contributed by atoms with Crippen LogP contribution in [-0.4, -0.2) is 29.1 Å². The molecule has 1 aromatic heterocycles. The van der Waals surface area contributed by atoms with Crippen molar-refractivity contribution in [1.29, 1.82) is 0 Å². The first kappa shape index (κ1) is 15.8. The van der Waals surface area contributed by atoms with Gasteiger partial charge in [0.1, 0.15) is 0 Å². The van der Waals surface area contributed by atoms with E-state index in [4.69, 9.17) is 0 Å². The molecule has 2 aliphatic rings. The first-order chi connectivity index (χ1) is 10.7. The van der Waals surface area contributed by atoms with E-state index in [9.17, 15) is 4.79 Å². The van der Waals surface area contributed by atoms with Crippen molar-refractivity contribution in [3.05, 3.63) is 33.2 Å². The highest BCUT2D eigenvalue weighted by Gasteiger charge is 2.20. The minimum Gasteiger partial charge on any atom is -0.312 e. The number of hydrogen-bond donors (Lipinski definition) is 1. The van der Waals surface area contributed by atoms with Crippen molar-refractivity contribution >= 4 is 0 Å². The minimum atomic E-state index is 0.232. The summed E-state index contributed by atoms with van der Waals surface area (Å²) < 4.78 is 2.05. The van der Waals surface area contributed by atoms with Gasteiger partial charge in [0.05, 0.1) is 0 Å². The van der Waals surface area contributed by atoms with Crippen LogP contribution in [0.5, 0.6) is 0 Å². The molecule has 1 N–H and O–H groups in total. The summed E-state index contributed by atoms with van der Waals surface area (Å²) in [6, 6.07) is 2.78. The Morgan fingerprint density at radius 3 is 2.82 bits per heavy atom. The molecule has 1 aromatic rings. The van der Waals surface area contributed by atoms with Gasteiger partial charge in [-0.05, 0) is 37.9 Å². The van der Waals surface area contributed by atoms with Gasteiger partial charge in [-0.25, -0.2) is 0 Å². The smallest absolute Gasteiger partial charge is 0.255 e. The van der Waals surface area contributed by atoms with Crippen molar-refractivity contribution in [1.82, 2.24) is 14.8 Å². The fourth-order valence-electron chi connectivity index (χ4n) is 3.89. The summed E-state index contributed by atoms with van der Waals surface area (Å²) in [5, 5.41) is 3.60. The summed E-state index contributed by atoms with van der Waals surface area (Å²) >= 11 is 0. The predicted octanol–water partition coefficient (Wildman–Crippen LogP) is 2.28. The molecule has 0 bridgehead atoms. The Bertz CT molecular complexity index is 572. The molecule has 122 valence electrons. The Labute approximate surface area is 133 Å². The quantitative estimate of drug-likeness (QED) is 0.907. The second-order valence-electron chi connectivity index (χ2n) is 6.95. The maximum absolute atomic E-state index is 12.8. The molecular formula is C18H29N3O. The first-order valence-corrected chi connectivity index (χ1v) is 8.85. The third-order valence-electron chi connectivity index (χ3n) is 5.12. The average Bonchev–Trinajstić information content (AvgIpc) is 3.02. The molecule has 3 rings (SSSR count). The zero-order chi connectivity index (χ0) is 15.5. The lowest BCUT2D eigenvalue weighted by atomic mass is 10.0. The van der Waals surface area contributed by atoms with Crippen LogP contribution in [0.25, 0.3) is 0 Å². The number of aromatic nitrogens is 1. The highest BCUT2D eigenvalue weighted by Crippen LogP contribution is 2.20. The third-order valence-corrected chi connectivity index (χ3v) is 5.12. The molecule has 1 aliphatic heterocycles. The van der Waals surface area contributed by atoms with E-state index in [0.29, 0.717) is 6.04 Å². The van der Waals surface area contributed by atoms with Crippen molar-refractivity contribution < 1.29 is 0 Å². The first-order valence-electron chi connectivity index (χ1n) is 8.85. The number of nitrogens with one attached hydrogen (secondary N) is 1. The topological polar surface area (TPSA) is 37.3 Å². The summed E-state index contributed by atoms with van der Waals surface area (Å²) in [5.74, 6) is 0. The van der Waals surface area contributed by atoms with E-state index in [1.807, 2.05) is 4.57 Å². The minimum absolute atomic E-state index is 0.232. The molecule has 0 aromatic carbocycles. The third kappa shape index (κ3) is 3.28. The van der Waals surface area contributed by atoms with Gasteiger partial charge in [0, 0.05) is 49.9 Å². The van der Waals surface area contributed by atoms with Crippen molar-refractivity contribution in [2.24, 2.45) is 0 Å². The molecule has 0 spiro atoms. The summed E-state index contributed by atoms with van der Waals surface area (Å²) in [7, 11) is 2.16. The standard InChI is InChI=1S/C18H29N3O/c1-3-9-21-17-8-10-20(2)13-15(17)11-14(18(21)22)12-19-16-6-4-5-7-16/h11,16,19H,3-10,12-13H2,1-2H3. The zero-order valence-corrected chi connectivity index (χ0v) is 14.0. The average molecular weight is 303 g/mol. The van der Waals surface area contributed by atoms with Crippen molar-refractivity contribution in [2.75, 3.05) is 13.6 Å². The van der Waals surface area contributed by atoms with E-state index in [1.165, 1.54) is 36.9 Å². The van der Waals surface area contributed by atoms with Gasteiger partial charge < -0.3 is 14.8 Å². The molecular weight excluding hydrogens is 274 g/mol. The fraction of sp³-hybridized carbons (Fsp3) is 0.722. The van der Waals surface area contributed by atoms with Gasteiger partial charge in [-0.1, -0.05) is 19.8 Å². The number of fused-ring (bicyclic) bond motifs is 1. The Balaban J connectivity index is 1.86. The number of hydrogen-bond acceptors (Lipinski definition) is 3. The van der Waals surface area contributed by atoms with Crippen molar-refractivity contribution in [3.63, 3.8) is 0 Å². The molecule has 0 amide bonds. The molecule has 1 aliphatic carbocycles. The monoisotopic (exact) mass is 303 g/mol. The fourth-order valence-corrected chi connectivity index (χ4v) is 3.89. The van der Waals surface area contributed by atoms with Gasteiger partial charge in [0.2, 0.25) is 0 Å². The zero-order valence-electron chi connectivity index (χ0n) is 14.0. The van der Waals surface area contributed by atoms with E-state index in [0.717, 1.165) is 44.6 Å². The van der Waals surface area contributed by atoms with E-state index < -0.39 is 0 Å². The van der Waals surface area contributed by atoms with Crippen LogP contribution in [0.2, 0.25) is 0 Å². The highest BCUT2D eigenvalue weighted by atomic mass is 16.1. The van der Waals surface area contributed by atoms with Crippen molar-refractivity contribution in [2.45, 2.75) is 71.1 Å². The predicted molar refractivity (Wildman–Crippen MR) is 90.1 cm³/mol. The van der Waals surface area contributed by atoms with Crippen LogP contribution in [-0.2, 0) is 26.1 Å². The van der Waals surface area contributed by atoms with Crippen LogP contribution in [0, 0.1) is 0 Å². The van der Waals surface area contributed by atoms with Gasteiger partial charge in [-0.15, -0.1) is 0 Å². The van der Waals surface area contributed by atoms with Crippen LogP contribution in [0.4, 0.5) is 0 Å². The lowest BCUT2D eigenvalue weighted by Gasteiger charge is -2.28. The van der Waals surface area contributed by atoms with Crippen LogP contribution in [0.3, 0.4) is 0 Å². The number of nitrogens with zero attached hydrogens (tertiary/aromatic N) is 2. The van der Waals surface area contributed by atoms with Gasteiger partial charge in [-0.2, -0.15) is 0 Å². The van der Waals surface area contributed by atoms with Gasteiger partial charge >= 0.3 is 0 Å². The number of rotatable bonds is 5. The maximum atomic E-state index is 12.8. The molecule has 2 heterocycles. The lowest BCUT2D eigenvalue weighted by Crippen LogP contribution is -2.37. The second kappa shape index (κ2) is 6.97. The van der Waals surface area contributed by atoms with Gasteiger partial charge in [0.25, 0.3) is 5.56 Å². The van der Waals surface area contributed by atoms with E-state index >= 15 is 0 Å². The molecule has 0 unspecified atom stereocenters. The van der Waals surface area contributed by atoms with E-state index in [2.05, 4.69) is 30.3 Å². The SMILES string of the molecule is CCCn1c2c(cc(CNC3CCCC3)c1=O)CN(C)CC2. The summed E-state index contributed by atoms with van der Waals surface area (Å²) in [6.45, 7) is 5.75. The van der Waals surface area contributed by atoms with Gasteiger partial charge in [-0.3, -0.25) is 4.79 Å². The summed E-state index contributed by atoms with van der Waals surface area (Å²) in [4.78, 5) is 15.2. The normalized spacial score (nSPS) is 19.5. The molecule has 0 saturated heterocycles. The number of pyridine rings is 1. The molecule has 0 radical (unpaired) electrons. The lowest BCUT2D eigenvalue weighted by molar-refractivity contribution is 0.303. The summed E-state index contributed by atoms with van der Waals surface area (Å²) in [6.07, 6.45) is 7.19. The molecule has 0 atom stereocenters. The van der Waals surface area contributed by atoms with E-state index in [1.54, 1.807) is 0 Å². The Morgan fingerprint density at radius 2 is 2.09 bits per heavy atom. The maximum Gasteiger partial charge on any atom is 0.255 e. The van der Waals surface area contributed by atoms with Crippen LogP contribution in [0.15, 0.2) is 10.9 Å². The highest BCUT2D eigenvalue weighted by molar-refractivity contribution is 5.29. The molecule has 1 fully saturated rings. The van der Waals surface area contributed by atoms with Crippen LogP contribution in [0.1, 0.15) is 55.8 Å². The second-order valence-corrected chi connectivity index (χ2v) is 6.95. The van der Waals surface area contributed by atoms with E-state index in [-0.39, 0.29) is 5.56 Å². The number of likely N-dealkylation sites (N-methyl/N-ethyl adjacent to an activating group) is 1. The molecule has 4 nitrogen and oxygen atoms in total. The Morgan fingerprint density at radius 1 is 1.32 bits per heavy atom. The largest absolute Gasteiger partial charge is 0.312 e. The van der Waals surface area contributed by atoms with Crippen molar-refractivity contribution in [3.8, 4) is 0 Å². The Hall–Kier alpha value is -1.13.